The van der Waals surface area contributed by atoms with E-state index in [4.69, 9.17) is 5.11 Å². The van der Waals surface area contributed by atoms with Crippen LogP contribution in [0.15, 0.2) is 0 Å². The first-order valence-electron chi connectivity index (χ1n) is 5.81. The van der Waals surface area contributed by atoms with Gasteiger partial charge in [-0.05, 0) is 6.42 Å². The highest BCUT2D eigenvalue weighted by Gasteiger charge is 2.06. The van der Waals surface area contributed by atoms with Crippen molar-refractivity contribution in [3.05, 3.63) is 0 Å². The number of amides is 2. The minimum atomic E-state index is -1.02. The van der Waals surface area contributed by atoms with Crippen LogP contribution < -0.4 is 10.6 Å². The minimum absolute atomic E-state index is 0.0927. The van der Waals surface area contributed by atoms with Crippen molar-refractivity contribution >= 4 is 17.8 Å². The van der Waals surface area contributed by atoms with Gasteiger partial charge in [0.15, 0.2) is 0 Å². The third-order valence-corrected chi connectivity index (χ3v) is 2.11. The van der Waals surface area contributed by atoms with E-state index >= 15 is 0 Å². The summed E-state index contributed by atoms with van der Waals surface area (Å²) < 4.78 is 0. The summed E-state index contributed by atoms with van der Waals surface area (Å²) in [6, 6.07) is 0. The van der Waals surface area contributed by atoms with Gasteiger partial charge in [0.25, 0.3) is 0 Å². The predicted octanol–water partition coefficient (Wildman–Crippen LogP) is 0.274. The number of rotatable bonds is 9. The van der Waals surface area contributed by atoms with E-state index in [2.05, 4.69) is 17.6 Å². The Balaban J connectivity index is 3.49. The summed E-state index contributed by atoms with van der Waals surface area (Å²) in [5.74, 6) is -1.69. The molecule has 0 spiro atoms. The molecule has 6 heteroatoms. The van der Waals surface area contributed by atoms with E-state index in [0.717, 1.165) is 19.3 Å². The van der Waals surface area contributed by atoms with Crippen LogP contribution in [-0.4, -0.2) is 36.0 Å². The SMILES string of the molecule is CCCCCNC(=O)CNC(=O)CCC(=O)O. The van der Waals surface area contributed by atoms with Gasteiger partial charge in [-0.2, -0.15) is 0 Å². The zero-order chi connectivity index (χ0) is 13.1. The van der Waals surface area contributed by atoms with Crippen molar-refractivity contribution < 1.29 is 19.5 Å². The molecule has 0 fully saturated rings. The van der Waals surface area contributed by atoms with Crippen molar-refractivity contribution in [1.82, 2.24) is 10.6 Å². The summed E-state index contributed by atoms with van der Waals surface area (Å²) >= 11 is 0. The van der Waals surface area contributed by atoms with E-state index in [1.165, 1.54) is 0 Å². The molecule has 0 aromatic heterocycles. The Bertz CT molecular complexity index is 266. The maximum absolute atomic E-state index is 11.2. The van der Waals surface area contributed by atoms with Gasteiger partial charge in [-0.3, -0.25) is 14.4 Å². The number of unbranched alkanes of at least 4 members (excludes halogenated alkanes) is 2. The Labute approximate surface area is 101 Å². The summed E-state index contributed by atoms with van der Waals surface area (Å²) in [7, 11) is 0. The molecule has 0 radical (unpaired) electrons. The van der Waals surface area contributed by atoms with Gasteiger partial charge in [-0.1, -0.05) is 19.8 Å². The number of carbonyl (C=O) groups excluding carboxylic acids is 2. The van der Waals surface area contributed by atoms with Crippen molar-refractivity contribution in [2.24, 2.45) is 0 Å². The van der Waals surface area contributed by atoms with Crippen molar-refractivity contribution in [3.63, 3.8) is 0 Å². The van der Waals surface area contributed by atoms with E-state index in [-0.39, 0.29) is 25.3 Å². The first kappa shape index (κ1) is 15.4. The highest BCUT2D eigenvalue weighted by Crippen LogP contribution is 1.91. The van der Waals surface area contributed by atoms with E-state index in [9.17, 15) is 14.4 Å². The quantitative estimate of drug-likeness (QED) is 0.507. The molecule has 0 atom stereocenters. The first-order valence-corrected chi connectivity index (χ1v) is 5.81. The summed E-state index contributed by atoms with van der Waals surface area (Å²) in [4.78, 5) is 32.5. The summed E-state index contributed by atoms with van der Waals surface area (Å²) in [5.41, 5.74) is 0. The van der Waals surface area contributed by atoms with Gasteiger partial charge in [0.1, 0.15) is 0 Å². The van der Waals surface area contributed by atoms with Crippen LogP contribution in [0.4, 0.5) is 0 Å². The fraction of sp³-hybridized carbons (Fsp3) is 0.727. The normalized spacial score (nSPS) is 9.71. The number of carbonyl (C=O) groups is 3. The van der Waals surface area contributed by atoms with Crippen LogP contribution in [0.25, 0.3) is 0 Å². The van der Waals surface area contributed by atoms with Gasteiger partial charge in [0.05, 0.1) is 13.0 Å². The zero-order valence-electron chi connectivity index (χ0n) is 10.1. The average Bonchev–Trinajstić information content (AvgIpc) is 2.29. The summed E-state index contributed by atoms with van der Waals surface area (Å²) in [6.07, 6.45) is 2.75. The molecule has 2 amide bonds. The van der Waals surface area contributed by atoms with Crippen molar-refractivity contribution in [3.8, 4) is 0 Å². The Kier molecular flexibility index (Phi) is 8.72. The van der Waals surface area contributed by atoms with E-state index in [1.807, 2.05) is 0 Å². The number of hydrogen-bond donors (Lipinski definition) is 3. The third kappa shape index (κ3) is 10.7. The molecule has 98 valence electrons. The standard InChI is InChI=1S/C11H20N2O4/c1-2-3-4-7-12-10(15)8-13-9(14)5-6-11(16)17/h2-8H2,1H3,(H,12,15)(H,13,14)(H,16,17). The van der Waals surface area contributed by atoms with Crippen molar-refractivity contribution in [1.29, 1.82) is 0 Å². The molecule has 0 saturated heterocycles. The molecule has 0 aliphatic heterocycles. The maximum atomic E-state index is 11.2. The summed E-state index contributed by atoms with van der Waals surface area (Å²) in [6.45, 7) is 2.59. The second-order valence-corrected chi connectivity index (χ2v) is 3.73. The topological polar surface area (TPSA) is 95.5 Å². The van der Waals surface area contributed by atoms with Crippen LogP contribution in [0.5, 0.6) is 0 Å². The second-order valence-electron chi connectivity index (χ2n) is 3.73. The highest BCUT2D eigenvalue weighted by atomic mass is 16.4. The largest absolute Gasteiger partial charge is 0.481 e. The lowest BCUT2D eigenvalue weighted by atomic mass is 10.2. The lowest BCUT2D eigenvalue weighted by molar-refractivity contribution is -0.138. The Morgan fingerprint density at radius 1 is 1.00 bits per heavy atom. The smallest absolute Gasteiger partial charge is 0.303 e. The zero-order valence-corrected chi connectivity index (χ0v) is 10.1. The van der Waals surface area contributed by atoms with E-state index in [0.29, 0.717) is 6.54 Å². The minimum Gasteiger partial charge on any atom is -0.481 e. The van der Waals surface area contributed by atoms with Crippen molar-refractivity contribution in [2.75, 3.05) is 13.1 Å². The molecule has 0 aliphatic rings. The lowest BCUT2D eigenvalue weighted by Crippen LogP contribution is -2.37. The molecule has 17 heavy (non-hydrogen) atoms. The molecule has 3 N–H and O–H groups in total. The van der Waals surface area contributed by atoms with Gasteiger partial charge >= 0.3 is 5.97 Å². The van der Waals surface area contributed by atoms with Crippen LogP contribution in [-0.2, 0) is 14.4 Å². The molecule has 0 saturated carbocycles. The van der Waals surface area contributed by atoms with Crippen LogP contribution in [0.1, 0.15) is 39.0 Å². The number of aliphatic carboxylic acids is 1. The van der Waals surface area contributed by atoms with Gasteiger partial charge in [-0.15, -0.1) is 0 Å². The molecule has 0 rings (SSSR count). The molecule has 0 heterocycles. The van der Waals surface area contributed by atoms with Crippen LogP contribution >= 0.6 is 0 Å². The lowest BCUT2D eigenvalue weighted by Gasteiger charge is -2.05. The molecule has 0 aromatic rings. The average molecular weight is 244 g/mol. The molecule has 6 nitrogen and oxygen atoms in total. The number of carboxylic acids is 1. The number of carboxylic acid groups (broad SMARTS) is 1. The predicted molar refractivity (Wildman–Crippen MR) is 62.4 cm³/mol. The van der Waals surface area contributed by atoms with Gasteiger partial charge in [-0.25, -0.2) is 0 Å². The molecular weight excluding hydrogens is 224 g/mol. The molecule has 0 aliphatic carbocycles. The van der Waals surface area contributed by atoms with Crippen LogP contribution in [0.3, 0.4) is 0 Å². The fourth-order valence-corrected chi connectivity index (χ4v) is 1.15. The maximum Gasteiger partial charge on any atom is 0.303 e. The van der Waals surface area contributed by atoms with Crippen LogP contribution in [0, 0.1) is 0 Å². The number of hydrogen-bond acceptors (Lipinski definition) is 3. The molecular formula is C11H20N2O4. The van der Waals surface area contributed by atoms with Crippen molar-refractivity contribution in [2.45, 2.75) is 39.0 Å². The first-order chi connectivity index (χ1) is 8.06. The third-order valence-electron chi connectivity index (χ3n) is 2.11. The molecule has 0 bridgehead atoms. The summed E-state index contributed by atoms with van der Waals surface area (Å²) in [5, 5.41) is 13.4. The van der Waals surface area contributed by atoms with Crippen LogP contribution in [0.2, 0.25) is 0 Å². The molecule has 0 unspecified atom stereocenters. The Morgan fingerprint density at radius 2 is 1.71 bits per heavy atom. The van der Waals surface area contributed by atoms with Gasteiger partial charge < -0.3 is 15.7 Å². The van der Waals surface area contributed by atoms with Gasteiger partial charge in [0.2, 0.25) is 11.8 Å². The molecule has 0 aromatic carbocycles. The van der Waals surface area contributed by atoms with E-state index in [1.54, 1.807) is 0 Å². The van der Waals surface area contributed by atoms with E-state index < -0.39 is 11.9 Å². The Hall–Kier alpha value is -1.59. The fourth-order valence-electron chi connectivity index (χ4n) is 1.15. The monoisotopic (exact) mass is 244 g/mol. The number of nitrogens with one attached hydrogen (secondary N) is 2. The Morgan fingerprint density at radius 3 is 2.29 bits per heavy atom. The van der Waals surface area contributed by atoms with Gasteiger partial charge in [0, 0.05) is 13.0 Å². The second kappa shape index (κ2) is 9.62. The highest BCUT2D eigenvalue weighted by molar-refractivity contribution is 5.86.